The van der Waals surface area contributed by atoms with Gasteiger partial charge in [-0.25, -0.2) is 4.98 Å². The van der Waals surface area contributed by atoms with Gasteiger partial charge in [0.2, 0.25) is 0 Å². The normalized spacial score (nSPS) is 17.0. The molecule has 1 N–H and O–H groups in total. The fourth-order valence-corrected chi connectivity index (χ4v) is 4.85. The van der Waals surface area contributed by atoms with E-state index < -0.39 is 17.7 Å². The summed E-state index contributed by atoms with van der Waals surface area (Å²) in [5.74, 6) is -0.0639. The Bertz CT molecular complexity index is 1380. The second-order valence-corrected chi connectivity index (χ2v) is 9.98. The van der Waals surface area contributed by atoms with E-state index in [1.165, 1.54) is 4.90 Å². The molecule has 4 rings (SSSR count). The predicted molar refractivity (Wildman–Crippen MR) is 148 cm³/mol. The van der Waals surface area contributed by atoms with Gasteiger partial charge in [-0.1, -0.05) is 26.0 Å². The van der Waals surface area contributed by atoms with Crippen LogP contribution in [0.15, 0.2) is 48.2 Å². The largest absolute Gasteiger partial charge is 0.505 e. The summed E-state index contributed by atoms with van der Waals surface area (Å²) in [5.41, 5.74) is 2.21. The molecule has 9 nitrogen and oxygen atoms in total. The number of aryl methyl sites for hydroxylation is 1. The average molecular weight is 536 g/mol. The number of rotatable bonds is 12. The zero-order valence-corrected chi connectivity index (χ0v) is 23.3. The van der Waals surface area contributed by atoms with Gasteiger partial charge in [0.05, 0.1) is 30.5 Å². The number of carbonyl (C=O) groups excluding carboxylic acids is 2. The van der Waals surface area contributed by atoms with Gasteiger partial charge >= 0.3 is 0 Å². The van der Waals surface area contributed by atoms with E-state index in [4.69, 9.17) is 14.2 Å². The quantitative estimate of drug-likeness (QED) is 0.152. The highest BCUT2D eigenvalue weighted by molar-refractivity contribution is 6.46. The monoisotopic (exact) mass is 535 g/mol. The third-order valence-electron chi connectivity index (χ3n) is 6.75. The second kappa shape index (κ2) is 12.3. The first-order valence-corrected chi connectivity index (χ1v) is 13.4. The van der Waals surface area contributed by atoms with Crippen LogP contribution in [-0.2, 0) is 14.3 Å². The smallest absolute Gasteiger partial charge is 0.295 e. The van der Waals surface area contributed by atoms with E-state index in [0.29, 0.717) is 66.3 Å². The first-order chi connectivity index (χ1) is 18.8. The number of methoxy groups -OCH3 is 1. The van der Waals surface area contributed by atoms with Gasteiger partial charge in [-0.15, -0.1) is 0 Å². The van der Waals surface area contributed by atoms with Crippen molar-refractivity contribution in [2.24, 2.45) is 5.92 Å². The molecule has 1 fully saturated rings. The molecule has 0 bridgehead atoms. The van der Waals surface area contributed by atoms with E-state index in [1.807, 2.05) is 31.2 Å². The van der Waals surface area contributed by atoms with Crippen LogP contribution in [0, 0.1) is 12.8 Å². The van der Waals surface area contributed by atoms with E-state index in [9.17, 15) is 14.7 Å². The van der Waals surface area contributed by atoms with Crippen molar-refractivity contribution in [1.82, 2.24) is 14.3 Å². The minimum absolute atomic E-state index is 0.0158. The zero-order valence-electron chi connectivity index (χ0n) is 23.3. The number of aliphatic hydroxyl groups excluding tert-OH is 1. The van der Waals surface area contributed by atoms with Crippen molar-refractivity contribution < 1.29 is 28.9 Å². The second-order valence-electron chi connectivity index (χ2n) is 9.98. The average Bonchev–Trinajstić information content (AvgIpc) is 3.37. The van der Waals surface area contributed by atoms with Gasteiger partial charge in [0, 0.05) is 26.5 Å². The van der Waals surface area contributed by atoms with Crippen LogP contribution in [0.1, 0.15) is 56.6 Å². The van der Waals surface area contributed by atoms with Crippen molar-refractivity contribution in [2.45, 2.75) is 46.6 Å². The first kappa shape index (κ1) is 28.2. The number of pyridine rings is 1. The predicted octanol–water partition coefficient (Wildman–Crippen LogP) is 4.92. The Kier molecular flexibility index (Phi) is 8.91. The van der Waals surface area contributed by atoms with Crippen LogP contribution in [0.25, 0.3) is 11.4 Å². The summed E-state index contributed by atoms with van der Waals surface area (Å²) < 4.78 is 18.8. The van der Waals surface area contributed by atoms with Crippen LogP contribution in [0.2, 0.25) is 0 Å². The molecule has 0 aliphatic carbocycles. The molecule has 3 aromatic rings. The van der Waals surface area contributed by atoms with Crippen LogP contribution >= 0.6 is 0 Å². The fourth-order valence-electron chi connectivity index (χ4n) is 4.85. The number of imidazole rings is 1. The number of Topliss-reactive ketones (excluding diaryl/α,β-unsaturated/α-hetero) is 1. The van der Waals surface area contributed by atoms with Crippen molar-refractivity contribution in [3.05, 3.63) is 65.1 Å². The number of ether oxygens (including phenoxy) is 3. The molecule has 1 atom stereocenters. The summed E-state index contributed by atoms with van der Waals surface area (Å²) in [7, 11) is 1.59. The van der Waals surface area contributed by atoms with Crippen LogP contribution in [0.5, 0.6) is 11.5 Å². The summed E-state index contributed by atoms with van der Waals surface area (Å²) in [6.07, 6.45) is 3.19. The molecule has 9 heteroatoms. The lowest BCUT2D eigenvalue weighted by molar-refractivity contribution is -0.140. The number of nitrogens with zero attached hydrogens (tertiary/aromatic N) is 3. The Labute approximate surface area is 229 Å². The van der Waals surface area contributed by atoms with Gasteiger partial charge in [0.1, 0.15) is 11.3 Å². The lowest BCUT2D eigenvalue weighted by atomic mass is 9.95. The van der Waals surface area contributed by atoms with E-state index >= 15 is 0 Å². The maximum atomic E-state index is 13.5. The van der Waals surface area contributed by atoms with E-state index in [-0.39, 0.29) is 17.9 Å². The molecule has 2 aromatic heterocycles. The van der Waals surface area contributed by atoms with Crippen molar-refractivity contribution in [3.63, 3.8) is 0 Å². The molecule has 1 aliphatic rings. The standard InChI is InChI=1S/C30H37N3O6/c1-6-38-23-18-21(11-12-22(23)39-17-13-19(2)3)27-25(29(35)30(36)33(27)15-9-16-37-5)28(34)26-20(4)31-24-10-7-8-14-32(24)26/h7-8,10-12,14,18-19,27,34H,6,9,13,15-17H2,1-5H3. The van der Waals surface area contributed by atoms with Crippen molar-refractivity contribution >= 4 is 23.1 Å². The number of benzene rings is 1. The molecular formula is C30H37N3O6. The number of ketones is 1. The van der Waals surface area contributed by atoms with Gasteiger partial charge in [0.15, 0.2) is 17.3 Å². The van der Waals surface area contributed by atoms with Crippen LogP contribution in [0.4, 0.5) is 0 Å². The molecule has 39 heavy (non-hydrogen) atoms. The highest BCUT2D eigenvalue weighted by Gasteiger charge is 2.46. The number of likely N-dealkylation sites (tertiary alicyclic amines) is 1. The SMILES string of the molecule is CCOc1cc(C2C(=C(O)c3c(C)nc4ccccn34)C(=O)C(=O)N2CCCOC)ccc1OCCC(C)C. The van der Waals surface area contributed by atoms with Gasteiger partial charge in [0.25, 0.3) is 11.7 Å². The number of aromatic nitrogens is 2. The van der Waals surface area contributed by atoms with Crippen LogP contribution in [0.3, 0.4) is 0 Å². The molecule has 1 aromatic carbocycles. The van der Waals surface area contributed by atoms with Crippen molar-refractivity contribution in [3.8, 4) is 11.5 Å². The van der Waals surface area contributed by atoms with Gasteiger partial charge < -0.3 is 24.2 Å². The molecule has 1 saturated heterocycles. The van der Waals surface area contributed by atoms with Crippen LogP contribution < -0.4 is 9.47 Å². The highest BCUT2D eigenvalue weighted by atomic mass is 16.5. The summed E-state index contributed by atoms with van der Waals surface area (Å²) in [4.78, 5) is 32.8. The maximum absolute atomic E-state index is 13.5. The van der Waals surface area contributed by atoms with Gasteiger partial charge in [-0.3, -0.25) is 14.0 Å². The van der Waals surface area contributed by atoms with E-state index in [1.54, 1.807) is 36.8 Å². The van der Waals surface area contributed by atoms with E-state index in [2.05, 4.69) is 18.8 Å². The minimum atomic E-state index is -0.820. The summed E-state index contributed by atoms with van der Waals surface area (Å²) in [5, 5.41) is 11.6. The Balaban J connectivity index is 1.84. The molecular weight excluding hydrogens is 498 g/mol. The number of amides is 1. The number of fused-ring (bicyclic) bond motifs is 1. The number of hydrogen-bond acceptors (Lipinski definition) is 7. The molecule has 208 valence electrons. The third-order valence-corrected chi connectivity index (χ3v) is 6.75. The number of aliphatic hydroxyl groups is 1. The number of hydrogen-bond donors (Lipinski definition) is 1. The molecule has 3 heterocycles. The Morgan fingerprint density at radius 3 is 2.62 bits per heavy atom. The number of carbonyl (C=O) groups is 2. The highest BCUT2D eigenvalue weighted by Crippen LogP contribution is 2.42. The fraction of sp³-hybridized carbons (Fsp3) is 0.433. The lowest BCUT2D eigenvalue weighted by Gasteiger charge is -2.26. The Morgan fingerprint density at radius 1 is 1.10 bits per heavy atom. The Hall–Kier alpha value is -3.85. The maximum Gasteiger partial charge on any atom is 0.295 e. The summed E-state index contributed by atoms with van der Waals surface area (Å²) in [6.45, 7) is 9.58. The first-order valence-electron chi connectivity index (χ1n) is 13.4. The third kappa shape index (κ3) is 5.78. The van der Waals surface area contributed by atoms with Crippen LogP contribution in [-0.4, -0.2) is 64.6 Å². The van der Waals surface area contributed by atoms with Gasteiger partial charge in [-0.2, -0.15) is 0 Å². The van der Waals surface area contributed by atoms with Gasteiger partial charge in [-0.05, 0) is 62.4 Å². The molecule has 1 aliphatic heterocycles. The summed E-state index contributed by atoms with van der Waals surface area (Å²) >= 11 is 0. The van der Waals surface area contributed by atoms with E-state index in [0.717, 1.165) is 6.42 Å². The summed E-state index contributed by atoms with van der Waals surface area (Å²) in [6, 6.07) is 10.1. The Morgan fingerprint density at radius 2 is 1.90 bits per heavy atom. The molecule has 0 spiro atoms. The molecule has 0 saturated carbocycles. The molecule has 0 radical (unpaired) electrons. The zero-order chi connectivity index (χ0) is 28.1. The lowest BCUT2D eigenvalue weighted by Crippen LogP contribution is -2.31. The minimum Gasteiger partial charge on any atom is -0.505 e. The molecule has 1 amide bonds. The topological polar surface area (TPSA) is 103 Å². The van der Waals surface area contributed by atoms with Crippen molar-refractivity contribution in [2.75, 3.05) is 33.5 Å². The molecule has 1 unspecified atom stereocenters. The van der Waals surface area contributed by atoms with Crippen molar-refractivity contribution in [1.29, 1.82) is 0 Å².